The van der Waals surface area contributed by atoms with Gasteiger partial charge in [-0.3, -0.25) is 0 Å². The predicted octanol–water partition coefficient (Wildman–Crippen LogP) is 4.92. The first-order valence-corrected chi connectivity index (χ1v) is 12.6. The second kappa shape index (κ2) is 11.1. The topological polar surface area (TPSA) is 129 Å². The number of phenols is 4. The molecule has 5 N–H and O–H groups in total. The Hall–Kier alpha value is -4.40. The van der Waals surface area contributed by atoms with Crippen molar-refractivity contribution >= 4 is 0 Å². The van der Waals surface area contributed by atoms with Crippen LogP contribution in [0.25, 0.3) is 0 Å². The molecule has 2 unspecified atom stereocenters. The second-order valence-corrected chi connectivity index (χ2v) is 9.53. The molecule has 0 saturated carbocycles. The lowest BCUT2D eigenvalue weighted by Gasteiger charge is -2.33. The van der Waals surface area contributed by atoms with Crippen molar-refractivity contribution in [1.82, 2.24) is 0 Å². The van der Waals surface area contributed by atoms with Crippen molar-refractivity contribution < 1.29 is 39.7 Å². The van der Waals surface area contributed by atoms with E-state index < -0.39 is 12.2 Å². The third-order valence-corrected chi connectivity index (χ3v) is 6.93. The van der Waals surface area contributed by atoms with E-state index in [2.05, 4.69) is 0 Å². The molecule has 2 aliphatic heterocycles. The van der Waals surface area contributed by atoms with Crippen LogP contribution in [0.2, 0.25) is 0 Å². The summed E-state index contributed by atoms with van der Waals surface area (Å²) in [5.41, 5.74) is 3.28. The van der Waals surface area contributed by atoms with Gasteiger partial charge in [-0.25, -0.2) is 0 Å². The molecule has 0 saturated heterocycles. The third-order valence-electron chi connectivity index (χ3n) is 6.93. The number of phenolic OH excluding ortho intramolecular Hbond substituents is 4. The molecule has 4 atom stereocenters. The summed E-state index contributed by atoms with van der Waals surface area (Å²) in [4.78, 5) is 0. The molecule has 4 aromatic rings. The average molecular weight is 531 g/mol. The van der Waals surface area contributed by atoms with E-state index in [1.54, 1.807) is 6.07 Å². The molecule has 0 aliphatic carbocycles. The minimum absolute atomic E-state index is 0.0518. The molecule has 8 heteroatoms. The first kappa shape index (κ1) is 26.2. The first-order chi connectivity index (χ1) is 18.8. The molecule has 202 valence electrons. The minimum Gasteiger partial charge on any atom is -0.508 e. The fraction of sp³-hybridized carbons (Fsp3) is 0.226. The van der Waals surface area contributed by atoms with Gasteiger partial charge >= 0.3 is 0 Å². The normalized spacial score (nSPS) is 21.3. The number of aliphatic hydroxyl groups excluding tert-OH is 1. The van der Waals surface area contributed by atoms with Crippen molar-refractivity contribution in [2.24, 2.45) is 0 Å². The van der Waals surface area contributed by atoms with Crippen LogP contribution in [-0.4, -0.2) is 44.9 Å². The summed E-state index contributed by atoms with van der Waals surface area (Å²) in [7, 11) is 1.53. The molecule has 2 heterocycles. The highest BCUT2D eigenvalue weighted by atomic mass is 16.5. The zero-order valence-electron chi connectivity index (χ0n) is 21.3. The fourth-order valence-electron chi connectivity index (χ4n) is 4.92. The molecular formula is C31H30O8. The number of hydrogen-bond donors (Lipinski definition) is 5. The Bertz CT molecular complexity index is 1440. The smallest absolute Gasteiger partial charge is 0.157 e. The van der Waals surface area contributed by atoms with Gasteiger partial charge in [-0.1, -0.05) is 54.6 Å². The van der Waals surface area contributed by atoms with Gasteiger partial charge in [-0.05, 0) is 34.9 Å². The van der Waals surface area contributed by atoms with E-state index in [0.29, 0.717) is 29.7 Å². The van der Waals surface area contributed by atoms with Crippen molar-refractivity contribution in [2.75, 3.05) is 7.11 Å². The van der Waals surface area contributed by atoms with E-state index in [1.165, 1.54) is 31.4 Å². The molecular weight excluding hydrogens is 500 g/mol. The lowest BCUT2D eigenvalue weighted by molar-refractivity contribution is -0.0122. The quantitative estimate of drug-likeness (QED) is 0.236. The van der Waals surface area contributed by atoms with Gasteiger partial charge in [0.2, 0.25) is 0 Å². The summed E-state index contributed by atoms with van der Waals surface area (Å²) in [5, 5.41) is 48.7. The van der Waals surface area contributed by atoms with Gasteiger partial charge < -0.3 is 39.7 Å². The van der Waals surface area contributed by atoms with Gasteiger partial charge in [0.15, 0.2) is 17.6 Å². The molecule has 0 fully saturated rings. The zero-order valence-corrected chi connectivity index (χ0v) is 21.3. The zero-order chi connectivity index (χ0) is 27.5. The monoisotopic (exact) mass is 530 g/mol. The molecule has 39 heavy (non-hydrogen) atoms. The van der Waals surface area contributed by atoms with Crippen molar-refractivity contribution in [3.8, 4) is 34.5 Å². The first-order valence-electron chi connectivity index (χ1n) is 12.6. The number of fused-ring (bicyclic) bond motifs is 2. The lowest BCUT2D eigenvalue weighted by atomic mass is 9.93. The Morgan fingerprint density at radius 3 is 2.13 bits per heavy atom. The van der Waals surface area contributed by atoms with Gasteiger partial charge in [-0.2, -0.15) is 0 Å². The van der Waals surface area contributed by atoms with E-state index >= 15 is 0 Å². The van der Waals surface area contributed by atoms with Crippen molar-refractivity contribution in [3.05, 3.63) is 107 Å². The van der Waals surface area contributed by atoms with Gasteiger partial charge in [0, 0.05) is 37.6 Å². The van der Waals surface area contributed by atoms with Crippen LogP contribution in [0, 0.1) is 0 Å². The third kappa shape index (κ3) is 5.57. The molecule has 0 spiro atoms. The molecule has 0 amide bonds. The molecule has 0 bridgehead atoms. The molecule has 0 radical (unpaired) electrons. The number of benzene rings is 4. The van der Waals surface area contributed by atoms with Crippen LogP contribution in [-0.2, 0) is 17.6 Å². The Labute approximate surface area is 225 Å². The van der Waals surface area contributed by atoms with Crippen LogP contribution in [0.5, 0.6) is 34.5 Å². The maximum Gasteiger partial charge on any atom is 0.157 e. The molecule has 4 aromatic carbocycles. The molecule has 6 rings (SSSR count). The second-order valence-electron chi connectivity index (χ2n) is 9.53. The standard InChI is InChI=1S/C16H16O6.C15H14O2/c1-21-15-7-10-12(19)5-9(17)6-14(10)22-16(15)8-2-3-11(18)13(20)4-8;16-13-10-12-8-4-5-9-14(12)17-15(13)11-6-2-1-3-7-11/h2-6,15-20H,7H2,1H3;1-9,13,15-16H,10H2/t15-,16+;/m0./s1. The summed E-state index contributed by atoms with van der Waals surface area (Å²) in [5.74, 6) is 0.628. The van der Waals surface area contributed by atoms with Crippen molar-refractivity contribution in [1.29, 1.82) is 0 Å². The van der Waals surface area contributed by atoms with Crippen LogP contribution in [0.15, 0.2) is 84.9 Å². The highest BCUT2D eigenvalue weighted by Gasteiger charge is 2.34. The largest absolute Gasteiger partial charge is 0.508 e. The predicted molar refractivity (Wildman–Crippen MR) is 143 cm³/mol. The maximum absolute atomic E-state index is 10.1. The van der Waals surface area contributed by atoms with E-state index in [0.717, 1.165) is 16.9 Å². The SMILES string of the molecule is CO[C@H]1Cc2c(O)cc(O)cc2O[C@@H]1c1ccc(O)c(O)c1.OC1Cc2ccccc2OC1c1ccccc1. The maximum atomic E-state index is 10.1. The average Bonchev–Trinajstić information content (AvgIpc) is 2.94. The highest BCUT2D eigenvalue weighted by molar-refractivity contribution is 5.52. The Kier molecular flexibility index (Phi) is 7.49. The van der Waals surface area contributed by atoms with E-state index in [4.69, 9.17) is 14.2 Å². The molecule has 8 nitrogen and oxygen atoms in total. The van der Waals surface area contributed by atoms with E-state index in [1.807, 2.05) is 54.6 Å². The Balaban J connectivity index is 0.000000163. The number of methoxy groups -OCH3 is 1. The number of hydrogen-bond acceptors (Lipinski definition) is 8. The van der Waals surface area contributed by atoms with E-state index in [9.17, 15) is 25.5 Å². The van der Waals surface area contributed by atoms with Crippen molar-refractivity contribution in [2.45, 2.75) is 37.3 Å². The lowest BCUT2D eigenvalue weighted by Crippen LogP contribution is -2.32. The summed E-state index contributed by atoms with van der Waals surface area (Å²) in [6, 6.07) is 24.8. The highest BCUT2D eigenvalue weighted by Crippen LogP contribution is 2.43. The van der Waals surface area contributed by atoms with Gasteiger partial charge in [-0.15, -0.1) is 0 Å². The van der Waals surface area contributed by atoms with Gasteiger partial charge in [0.05, 0.1) is 6.10 Å². The minimum atomic E-state index is -0.537. The Morgan fingerprint density at radius 1 is 0.667 bits per heavy atom. The molecule has 2 aliphatic rings. The van der Waals surface area contributed by atoms with E-state index in [-0.39, 0.29) is 35.2 Å². The van der Waals surface area contributed by atoms with Gasteiger partial charge in [0.25, 0.3) is 0 Å². The number of aromatic hydroxyl groups is 4. The molecule has 0 aromatic heterocycles. The van der Waals surface area contributed by atoms with Crippen LogP contribution in [0.4, 0.5) is 0 Å². The van der Waals surface area contributed by atoms with Crippen LogP contribution >= 0.6 is 0 Å². The number of aliphatic hydroxyl groups is 1. The van der Waals surface area contributed by atoms with Crippen LogP contribution < -0.4 is 9.47 Å². The summed E-state index contributed by atoms with van der Waals surface area (Å²) in [6.07, 6.45) is -0.615. The van der Waals surface area contributed by atoms with Crippen molar-refractivity contribution in [3.63, 3.8) is 0 Å². The Morgan fingerprint density at radius 2 is 1.38 bits per heavy atom. The summed E-state index contributed by atoms with van der Waals surface area (Å²) in [6.45, 7) is 0. The van der Waals surface area contributed by atoms with Crippen LogP contribution in [0.1, 0.15) is 34.5 Å². The van der Waals surface area contributed by atoms with Crippen LogP contribution in [0.3, 0.4) is 0 Å². The number of rotatable bonds is 3. The van der Waals surface area contributed by atoms with Gasteiger partial charge in [0.1, 0.15) is 35.2 Å². The fourth-order valence-corrected chi connectivity index (χ4v) is 4.92. The number of para-hydroxylation sites is 1. The summed E-state index contributed by atoms with van der Waals surface area (Å²) < 4.78 is 17.1. The number of ether oxygens (including phenoxy) is 3. The summed E-state index contributed by atoms with van der Waals surface area (Å²) >= 11 is 0.